The summed E-state index contributed by atoms with van der Waals surface area (Å²) in [5.74, 6) is 0.449. The molecule has 1 aliphatic carbocycles. The van der Waals surface area contributed by atoms with Gasteiger partial charge >= 0.3 is 0 Å². The zero-order valence-corrected chi connectivity index (χ0v) is 15.6. The van der Waals surface area contributed by atoms with Crippen LogP contribution in [0.5, 0.6) is 0 Å². The SMILES string of the molecule is O=C1NC[C@H]2C[C@@H](c3ccc(Cl)cc3Cl)C(c3ccc(Cl)cc3)=C[C@@H]12. The van der Waals surface area contributed by atoms with Gasteiger partial charge in [-0.3, -0.25) is 4.79 Å². The van der Waals surface area contributed by atoms with Crippen molar-refractivity contribution in [1.82, 2.24) is 5.32 Å². The van der Waals surface area contributed by atoms with E-state index in [1.54, 1.807) is 6.07 Å². The van der Waals surface area contributed by atoms with Crippen LogP contribution in [0.1, 0.15) is 23.5 Å². The highest BCUT2D eigenvalue weighted by Gasteiger charge is 2.40. The lowest BCUT2D eigenvalue weighted by Gasteiger charge is -2.31. The van der Waals surface area contributed by atoms with Crippen molar-refractivity contribution >= 4 is 46.3 Å². The molecule has 2 aromatic rings. The minimum absolute atomic E-state index is 0.0759. The molecule has 5 heteroatoms. The first-order valence-electron chi connectivity index (χ1n) is 8.23. The second-order valence-corrected chi connectivity index (χ2v) is 7.89. The lowest BCUT2D eigenvalue weighted by Crippen LogP contribution is -2.23. The van der Waals surface area contributed by atoms with Gasteiger partial charge in [-0.1, -0.05) is 59.1 Å². The second-order valence-electron chi connectivity index (χ2n) is 6.61. The van der Waals surface area contributed by atoms with Crippen LogP contribution in [0, 0.1) is 11.8 Å². The van der Waals surface area contributed by atoms with Crippen molar-refractivity contribution in [2.24, 2.45) is 11.8 Å². The number of rotatable bonds is 2. The van der Waals surface area contributed by atoms with Gasteiger partial charge in [-0.2, -0.15) is 0 Å². The molecule has 25 heavy (non-hydrogen) atoms. The average Bonchev–Trinajstić information content (AvgIpc) is 2.95. The predicted octanol–water partition coefficient (Wildman–Crippen LogP) is 5.58. The van der Waals surface area contributed by atoms with Gasteiger partial charge in [0.05, 0.1) is 5.92 Å². The van der Waals surface area contributed by atoms with E-state index >= 15 is 0 Å². The van der Waals surface area contributed by atoms with E-state index in [1.165, 1.54) is 0 Å². The van der Waals surface area contributed by atoms with Gasteiger partial charge in [-0.25, -0.2) is 0 Å². The van der Waals surface area contributed by atoms with Crippen molar-refractivity contribution in [3.8, 4) is 0 Å². The van der Waals surface area contributed by atoms with Gasteiger partial charge in [0.15, 0.2) is 0 Å². The Morgan fingerprint density at radius 1 is 0.960 bits per heavy atom. The molecule has 0 aromatic heterocycles. The van der Waals surface area contributed by atoms with Crippen LogP contribution in [-0.4, -0.2) is 12.5 Å². The van der Waals surface area contributed by atoms with Crippen molar-refractivity contribution < 1.29 is 4.79 Å². The number of carbonyl (C=O) groups is 1. The molecule has 0 unspecified atom stereocenters. The molecule has 1 fully saturated rings. The Labute approximate surface area is 161 Å². The molecular weight excluding hydrogens is 377 g/mol. The van der Waals surface area contributed by atoms with Crippen molar-refractivity contribution in [3.05, 3.63) is 74.7 Å². The van der Waals surface area contributed by atoms with Gasteiger partial charge in [0.25, 0.3) is 0 Å². The molecule has 0 saturated carbocycles. The third-order valence-corrected chi connectivity index (χ3v) is 5.95. The summed E-state index contributed by atoms with van der Waals surface area (Å²) in [6.45, 7) is 0.718. The third kappa shape index (κ3) is 3.19. The number of allylic oxidation sites excluding steroid dienone is 1. The lowest BCUT2D eigenvalue weighted by molar-refractivity contribution is -0.121. The van der Waals surface area contributed by atoms with Gasteiger partial charge in [0.2, 0.25) is 5.91 Å². The minimum atomic E-state index is -0.0759. The summed E-state index contributed by atoms with van der Waals surface area (Å²) in [6, 6.07) is 13.4. The van der Waals surface area contributed by atoms with E-state index in [1.807, 2.05) is 36.4 Å². The molecule has 0 bridgehead atoms. The summed E-state index contributed by atoms with van der Waals surface area (Å²) in [7, 11) is 0. The zero-order valence-electron chi connectivity index (χ0n) is 13.3. The van der Waals surface area contributed by atoms with E-state index < -0.39 is 0 Å². The predicted molar refractivity (Wildman–Crippen MR) is 103 cm³/mol. The largest absolute Gasteiger partial charge is 0.355 e. The first-order chi connectivity index (χ1) is 12.0. The van der Waals surface area contributed by atoms with E-state index in [2.05, 4.69) is 11.4 Å². The summed E-state index contributed by atoms with van der Waals surface area (Å²) in [4.78, 5) is 12.2. The normalized spacial score (nSPS) is 25.3. The number of halogens is 3. The summed E-state index contributed by atoms with van der Waals surface area (Å²) >= 11 is 18.6. The zero-order chi connectivity index (χ0) is 17.6. The van der Waals surface area contributed by atoms with Crippen LogP contribution in [0.15, 0.2) is 48.5 Å². The summed E-state index contributed by atoms with van der Waals surface area (Å²) in [5.41, 5.74) is 3.24. The van der Waals surface area contributed by atoms with Crippen LogP contribution >= 0.6 is 34.8 Å². The summed E-state index contributed by atoms with van der Waals surface area (Å²) in [5, 5.41) is 4.95. The molecule has 1 amide bonds. The Morgan fingerprint density at radius 2 is 1.68 bits per heavy atom. The molecule has 2 aromatic carbocycles. The minimum Gasteiger partial charge on any atom is -0.355 e. The average molecular weight is 393 g/mol. The van der Waals surface area contributed by atoms with E-state index in [-0.39, 0.29) is 17.7 Å². The fourth-order valence-corrected chi connectivity index (χ4v) is 4.56. The number of amides is 1. The Kier molecular flexibility index (Phi) is 4.53. The van der Waals surface area contributed by atoms with E-state index in [9.17, 15) is 4.79 Å². The molecular formula is C20H16Cl3NO. The third-order valence-electron chi connectivity index (χ3n) is 5.14. The monoisotopic (exact) mass is 391 g/mol. The van der Waals surface area contributed by atoms with Crippen LogP contribution < -0.4 is 5.32 Å². The summed E-state index contributed by atoms with van der Waals surface area (Å²) < 4.78 is 0. The Hall–Kier alpha value is -1.48. The molecule has 2 nitrogen and oxygen atoms in total. The Balaban J connectivity index is 1.83. The fourth-order valence-electron chi connectivity index (χ4n) is 3.89. The quantitative estimate of drug-likeness (QED) is 0.710. The van der Waals surface area contributed by atoms with E-state index in [4.69, 9.17) is 34.8 Å². The molecule has 128 valence electrons. The maximum atomic E-state index is 12.2. The molecule has 0 spiro atoms. The first kappa shape index (κ1) is 17.0. The van der Waals surface area contributed by atoms with Crippen LogP contribution in [0.25, 0.3) is 5.57 Å². The second kappa shape index (κ2) is 6.68. The Bertz CT molecular complexity index is 860. The standard InChI is InChI=1S/C20H16Cl3NO/c21-13-3-1-11(2-4-13)16-9-17-12(10-24-20(17)25)7-18(16)15-6-5-14(22)8-19(15)23/h1-6,8-9,12,17-18H,7,10H2,(H,24,25)/t12-,17-,18+/m1/s1. The van der Waals surface area contributed by atoms with Crippen LogP contribution in [0.3, 0.4) is 0 Å². The molecule has 3 atom stereocenters. The maximum Gasteiger partial charge on any atom is 0.227 e. The molecule has 1 heterocycles. The Morgan fingerprint density at radius 3 is 2.40 bits per heavy atom. The molecule has 4 rings (SSSR count). The van der Waals surface area contributed by atoms with Crippen molar-refractivity contribution in [2.45, 2.75) is 12.3 Å². The van der Waals surface area contributed by atoms with Gasteiger partial charge in [-0.05, 0) is 53.3 Å². The number of carbonyl (C=O) groups excluding carboxylic acids is 1. The fraction of sp³-hybridized carbons (Fsp3) is 0.250. The van der Waals surface area contributed by atoms with E-state index in [0.717, 1.165) is 29.7 Å². The highest BCUT2D eigenvalue weighted by Crippen LogP contribution is 2.47. The first-order valence-corrected chi connectivity index (χ1v) is 9.36. The van der Waals surface area contributed by atoms with Crippen LogP contribution in [0.4, 0.5) is 0 Å². The highest BCUT2D eigenvalue weighted by molar-refractivity contribution is 6.35. The number of benzene rings is 2. The molecule has 1 saturated heterocycles. The van der Waals surface area contributed by atoms with E-state index in [0.29, 0.717) is 21.0 Å². The molecule has 2 aliphatic rings. The topological polar surface area (TPSA) is 29.1 Å². The van der Waals surface area contributed by atoms with Gasteiger partial charge in [0.1, 0.15) is 0 Å². The number of fused-ring (bicyclic) bond motifs is 1. The van der Waals surface area contributed by atoms with Crippen molar-refractivity contribution in [2.75, 3.05) is 6.54 Å². The van der Waals surface area contributed by atoms with Gasteiger partial charge in [-0.15, -0.1) is 0 Å². The molecule has 1 N–H and O–H groups in total. The van der Waals surface area contributed by atoms with Crippen molar-refractivity contribution in [3.63, 3.8) is 0 Å². The molecule has 0 radical (unpaired) electrons. The van der Waals surface area contributed by atoms with Gasteiger partial charge < -0.3 is 5.32 Å². The van der Waals surface area contributed by atoms with Crippen LogP contribution in [-0.2, 0) is 4.79 Å². The summed E-state index contributed by atoms with van der Waals surface area (Å²) in [6.07, 6.45) is 2.98. The number of nitrogens with one attached hydrogen (secondary N) is 1. The smallest absolute Gasteiger partial charge is 0.227 e. The number of hydrogen-bond donors (Lipinski definition) is 1. The lowest BCUT2D eigenvalue weighted by atomic mass is 9.71. The van der Waals surface area contributed by atoms with Crippen LogP contribution in [0.2, 0.25) is 15.1 Å². The number of hydrogen-bond acceptors (Lipinski definition) is 1. The van der Waals surface area contributed by atoms with Gasteiger partial charge in [0, 0.05) is 27.5 Å². The molecule has 1 aliphatic heterocycles. The highest BCUT2D eigenvalue weighted by atomic mass is 35.5. The maximum absolute atomic E-state index is 12.2. The van der Waals surface area contributed by atoms with Crippen molar-refractivity contribution in [1.29, 1.82) is 0 Å².